The van der Waals surface area contributed by atoms with E-state index in [2.05, 4.69) is 37.6 Å². The lowest BCUT2D eigenvalue weighted by Crippen LogP contribution is -2.46. The molecule has 2 heterocycles. The van der Waals surface area contributed by atoms with E-state index < -0.39 is 0 Å². The highest BCUT2D eigenvalue weighted by molar-refractivity contribution is 9.10. The molecule has 2 rings (SSSR count). The molecule has 0 amide bonds. The monoisotopic (exact) mass is 275 g/mol. The maximum absolute atomic E-state index is 4.43. The van der Waals surface area contributed by atoms with Gasteiger partial charge >= 0.3 is 0 Å². The number of anilines is 1. The van der Waals surface area contributed by atoms with Crippen LogP contribution in [-0.4, -0.2) is 42.6 Å². The van der Waals surface area contributed by atoms with Gasteiger partial charge in [0.2, 0.25) is 0 Å². The highest BCUT2D eigenvalue weighted by atomic mass is 79.9. The lowest BCUT2D eigenvalue weighted by molar-refractivity contribution is 0.271. The summed E-state index contributed by atoms with van der Waals surface area (Å²) in [5.74, 6) is 0. The molecule has 1 aliphatic heterocycles. The van der Waals surface area contributed by atoms with Crippen LogP contribution in [0.4, 0.5) is 5.13 Å². The number of nitrogens with zero attached hydrogens (tertiary/aromatic N) is 3. The fourth-order valence-electron chi connectivity index (χ4n) is 1.65. The van der Waals surface area contributed by atoms with Gasteiger partial charge in [0.15, 0.2) is 5.13 Å². The number of hydrogen-bond acceptors (Lipinski definition) is 4. The molecule has 1 aromatic rings. The topological polar surface area (TPSA) is 19.4 Å². The van der Waals surface area contributed by atoms with Crippen LogP contribution >= 0.6 is 27.3 Å². The van der Waals surface area contributed by atoms with Gasteiger partial charge < -0.3 is 9.80 Å². The first-order chi connectivity index (χ1) is 6.79. The third-order valence-corrected chi connectivity index (χ3v) is 4.16. The quantitative estimate of drug-likeness (QED) is 0.824. The number of aromatic nitrogens is 1. The van der Waals surface area contributed by atoms with Crippen molar-refractivity contribution in [1.82, 2.24) is 9.88 Å². The van der Waals surface area contributed by atoms with Crippen LogP contribution in [-0.2, 0) is 0 Å². The Kier molecular flexibility index (Phi) is 3.41. The van der Waals surface area contributed by atoms with Crippen molar-refractivity contribution in [3.05, 3.63) is 9.98 Å². The van der Waals surface area contributed by atoms with E-state index in [1.54, 1.807) is 11.3 Å². The van der Waals surface area contributed by atoms with E-state index in [9.17, 15) is 0 Å². The zero-order valence-electron chi connectivity index (χ0n) is 8.24. The Balaban J connectivity index is 1.95. The molecule has 1 aliphatic rings. The molecule has 1 fully saturated rings. The second-order valence-corrected chi connectivity index (χ2v) is 5.02. The molecule has 0 saturated carbocycles. The van der Waals surface area contributed by atoms with E-state index in [-0.39, 0.29) is 0 Å². The van der Waals surface area contributed by atoms with Crippen molar-refractivity contribution >= 4 is 32.4 Å². The Labute approximate surface area is 96.9 Å². The highest BCUT2D eigenvalue weighted by Gasteiger charge is 2.17. The van der Waals surface area contributed by atoms with E-state index in [1.165, 1.54) is 0 Å². The van der Waals surface area contributed by atoms with Gasteiger partial charge in [0.05, 0.1) is 0 Å². The zero-order chi connectivity index (χ0) is 9.97. The molecule has 0 bridgehead atoms. The summed E-state index contributed by atoms with van der Waals surface area (Å²) in [6.07, 6.45) is 0. The van der Waals surface area contributed by atoms with Crippen LogP contribution in [0.25, 0.3) is 0 Å². The zero-order valence-corrected chi connectivity index (χ0v) is 10.6. The molecule has 0 radical (unpaired) electrons. The summed E-state index contributed by atoms with van der Waals surface area (Å²) in [6.45, 7) is 7.91. The molecule has 1 aromatic heterocycles. The van der Waals surface area contributed by atoms with Crippen molar-refractivity contribution in [2.45, 2.75) is 6.92 Å². The Morgan fingerprint density at radius 1 is 1.43 bits per heavy atom. The van der Waals surface area contributed by atoms with Crippen molar-refractivity contribution in [3.8, 4) is 0 Å². The minimum Gasteiger partial charge on any atom is -0.345 e. The van der Waals surface area contributed by atoms with Crippen LogP contribution in [0.5, 0.6) is 0 Å². The SMILES string of the molecule is CCN1CCN(c2nc(Br)cs2)CC1. The maximum Gasteiger partial charge on any atom is 0.186 e. The summed E-state index contributed by atoms with van der Waals surface area (Å²) in [6, 6.07) is 0. The second kappa shape index (κ2) is 4.59. The van der Waals surface area contributed by atoms with Gasteiger partial charge in [0.25, 0.3) is 0 Å². The number of halogens is 1. The van der Waals surface area contributed by atoms with Crippen LogP contribution in [0.3, 0.4) is 0 Å². The molecule has 3 nitrogen and oxygen atoms in total. The molecule has 0 unspecified atom stereocenters. The van der Waals surface area contributed by atoms with Gasteiger partial charge in [-0.25, -0.2) is 4.98 Å². The fourth-order valence-corrected chi connectivity index (χ4v) is 2.95. The minimum atomic E-state index is 0.954. The standard InChI is InChI=1S/C9H14BrN3S/c1-2-12-3-5-13(6-4-12)9-11-8(10)7-14-9/h7H,2-6H2,1H3. The number of likely N-dealkylation sites (N-methyl/N-ethyl adjacent to an activating group) is 1. The van der Waals surface area contributed by atoms with Crippen LogP contribution in [0.2, 0.25) is 0 Å². The molecule has 0 aromatic carbocycles. The minimum absolute atomic E-state index is 0.954. The molecular weight excluding hydrogens is 262 g/mol. The molecule has 1 saturated heterocycles. The summed E-state index contributed by atoms with van der Waals surface area (Å²) in [7, 11) is 0. The molecule has 5 heteroatoms. The van der Waals surface area contributed by atoms with E-state index in [1.807, 2.05) is 5.38 Å². The lowest BCUT2D eigenvalue weighted by Gasteiger charge is -2.33. The van der Waals surface area contributed by atoms with E-state index in [4.69, 9.17) is 0 Å². The maximum atomic E-state index is 4.43. The predicted octanol–water partition coefficient (Wildman–Crippen LogP) is 2.05. The van der Waals surface area contributed by atoms with E-state index >= 15 is 0 Å². The molecular formula is C9H14BrN3S. The van der Waals surface area contributed by atoms with E-state index in [0.717, 1.165) is 42.5 Å². The highest BCUT2D eigenvalue weighted by Crippen LogP contribution is 2.24. The summed E-state index contributed by atoms with van der Waals surface area (Å²) >= 11 is 5.10. The predicted molar refractivity (Wildman–Crippen MR) is 64.1 cm³/mol. The third kappa shape index (κ3) is 2.27. The Morgan fingerprint density at radius 3 is 2.64 bits per heavy atom. The molecule has 0 atom stereocenters. The van der Waals surface area contributed by atoms with Gasteiger partial charge in [-0.3, -0.25) is 0 Å². The van der Waals surface area contributed by atoms with E-state index in [0.29, 0.717) is 0 Å². The second-order valence-electron chi connectivity index (χ2n) is 3.37. The van der Waals surface area contributed by atoms with Crippen LogP contribution in [0.1, 0.15) is 6.92 Å². The smallest absolute Gasteiger partial charge is 0.186 e. The van der Waals surface area contributed by atoms with Crippen molar-refractivity contribution < 1.29 is 0 Å². The van der Waals surface area contributed by atoms with Gasteiger partial charge in [0.1, 0.15) is 4.60 Å². The Hall–Kier alpha value is -0.130. The van der Waals surface area contributed by atoms with Crippen molar-refractivity contribution in [1.29, 1.82) is 0 Å². The summed E-state index contributed by atoms with van der Waals surface area (Å²) in [4.78, 5) is 9.26. The normalized spacial score (nSPS) is 18.9. The molecule has 0 aliphatic carbocycles. The Morgan fingerprint density at radius 2 is 2.14 bits per heavy atom. The molecule has 0 N–H and O–H groups in total. The first kappa shape index (κ1) is 10.4. The number of piperazine rings is 1. The van der Waals surface area contributed by atoms with Gasteiger partial charge in [-0.15, -0.1) is 11.3 Å². The van der Waals surface area contributed by atoms with Gasteiger partial charge in [-0.2, -0.15) is 0 Å². The van der Waals surface area contributed by atoms with Gasteiger partial charge in [-0.1, -0.05) is 6.92 Å². The van der Waals surface area contributed by atoms with Crippen molar-refractivity contribution in [2.24, 2.45) is 0 Å². The first-order valence-corrected chi connectivity index (χ1v) is 6.55. The first-order valence-electron chi connectivity index (χ1n) is 4.88. The average Bonchev–Trinajstić information content (AvgIpc) is 2.65. The van der Waals surface area contributed by atoms with Crippen molar-refractivity contribution in [2.75, 3.05) is 37.6 Å². The number of hydrogen-bond donors (Lipinski definition) is 0. The molecule has 0 spiro atoms. The van der Waals surface area contributed by atoms with Crippen molar-refractivity contribution in [3.63, 3.8) is 0 Å². The lowest BCUT2D eigenvalue weighted by atomic mass is 10.3. The number of rotatable bonds is 2. The fraction of sp³-hybridized carbons (Fsp3) is 0.667. The van der Waals surface area contributed by atoms with Crippen LogP contribution < -0.4 is 4.90 Å². The largest absolute Gasteiger partial charge is 0.345 e. The summed E-state index contributed by atoms with van der Waals surface area (Å²) in [5.41, 5.74) is 0. The van der Waals surface area contributed by atoms with Gasteiger partial charge in [0, 0.05) is 31.6 Å². The molecule has 14 heavy (non-hydrogen) atoms. The third-order valence-electron chi connectivity index (χ3n) is 2.55. The molecule has 78 valence electrons. The number of thiazole rings is 1. The summed E-state index contributed by atoms with van der Waals surface area (Å²) in [5, 5.41) is 3.19. The average molecular weight is 276 g/mol. The Bertz CT molecular complexity index is 294. The van der Waals surface area contributed by atoms with Crippen LogP contribution in [0, 0.1) is 0 Å². The van der Waals surface area contributed by atoms with Crippen LogP contribution in [0.15, 0.2) is 9.98 Å². The van der Waals surface area contributed by atoms with Gasteiger partial charge in [-0.05, 0) is 22.5 Å². The summed E-state index contributed by atoms with van der Waals surface area (Å²) < 4.78 is 0.954.